The molecule has 1 amide bonds. The number of ether oxygens (including phenoxy) is 1. The predicted octanol–water partition coefficient (Wildman–Crippen LogP) is -0.326. The SMILES string of the molecule is COCCn1cc(S(N)(=O)=O)cc1C(=O)NC1CC1. The van der Waals surface area contributed by atoms with E-state index in [9.17, 15) is 13.2 Å². The number of carbonyl (C=O) groups excluding carboxylic acids is 1. The second-order valence-electron chi connectivity index (χ2n) is 4.54. The molecule has 3 N–H and O–H groups in total. The van der Waals surface area contributed by atoms with Gasteiger partial charge in [-0.05, 0) is 18.9 Å². The van der Waals surface area contributed by atoms with Gasteiger partial charge >= 0.3 is 0 Å². The fourth-order valence-corrected chi connectivity index (χ4v) is 2.24. The van der Waals surface area contributed by atoms with Gasteiger partial charge in [0.25, 0.3) is 5.91 Å². The summed E-state index contributed by atoms with van der Waals surface area (Å²) in [6.07, 6.45) is 3.29. The van der Waals surface area contributed by atoms with Crippen molar-refractivity contribution in [2.75, 3.05) is 13.7 Å². The van der Waals surface area contributed by atoms with Gasteiger partial charge in [0.2, 0.25) is 10.0 Å². The van der Waals surface area contributed by atoms with Crippen LogP contribution in [0.1, 0.15) is 23.3 Å². The fraction of sp³-hybridized carbons (Fsp3) is 0.545. The predicted molar refractivity (Wildman–Crippen MR) is 68.2 cm³/mol. The van der Waals surface area contributed by atoms with Crippen molar-refractivity contribution in [2.24, 2.45) is 5.14 Å². The van der Waals surface area contributed by atoms with Crippen molar-refractivity contribution >= 4 is 15.9 Å². The summed E-state index contributed by atoms with van der Waals surface area (Å²) >= 11 is 0. The number of primary sulfonamides is 1. The summed E-state index contributed by atoms with van der Waals surface area (Å²) in [4.78, 5) is 11.9. The normalized spacial score (nSPS) is 15.5. The monoisotopic (exact) mass is 287 g/mol. The molecule has 19 heavy (non-hydrogen) atoms. The molecule has 0 unspecified atom stereocenters. The fourth-order valence-electron chi connectivity index (χ4n) is 1.69. The first-order valence-electron chi connectivity index (χ1n) is 5.94. The average molecular weight is 287 g/mol. The van der Waals surface area contributed by atoms with Crippen LogP contribution >= 0.6 is 0 Å². The molecule has 0 atom stereocenters. The number of nitrogens with two attached hydrogens (primary N) is 1. The molecule has 2 rings (SSSR count). The molecule has 8 heteroatoms. The summed E-state index contributed by atoms with van der Waals surface area (Å²) in [5.41, 5.74) is 0.285. The maximum Gasteiger partial charge on any atom is 0.268 e. The van der Waals surface area contributed by atoms with Crippen molar-refractivity contribution in [3.05, 3.63) is 18.0 Å². The van der Waals surface area contributed by atoms with E-state index in [1.165, 1.54) is 19.4 Å². The molecule has 1 heterocycles. The van der Waals surface area contributed by atoms with Gasteiger partial charge in [-0.1, -0.05) is 0 Å². The summed E-state index contributed by atoms with van der Waals surface area (Å²) in [5.74, 6) is -0.284. The molecule has 0 radical (unpaired) electrons. The van der Waals surface area contributed by atoms with Crippen LogP contribution in [0, 0.1) is 0 Å². The second-order valence-corrected chi connectivity index (χ2v) is 6.10. The molecular weight excluding hydrogens is 270 g/mol. The molecule has 0 spiro atoms. The number of amides is 1. The maximum absolute atomic E-state index is 12.0. The Balaban J connectivity index is 2.26. The van der Waals surface area contributed by atoms with Crippen LogP contribution in [0.5, 0.6) is 0 Å². The number of methoxy groups -OCH3 is 1. The first kappa shape index (κ1) is 14.0. The number of hydrogen-bond donors (Lipinski definition) is 2. The molecule has 106 valence electrons. The molecule has 1 aliphatic rings. The van der Waals surface area contributed by atoms with E-state index < -0.39 is 10.0 Å². The molecule has 1 aromatic rings. The molecular formula is C11H17N3O4S. The highest BCUT2D eigenvalue weighted by Gasteiger charge is 2.26. The van der Waals surface area contributed by atoms with E-state index in [0.717, 1.165) is 12.8 Å². The quantitative estimate of drug-likeness (QED) is 0.748. The van der Waals surface area contributed by atoms with Crippen LogP contribution in [0.4, 0.5) is 0 Å². The van der Waals surface area contributed by atoms with Crippen molar-refractivity contribution in [1.82, 2.24) is 9.88 Å². The Morgan fingerprint density at radius 1 is 1.58 bits per heavy atom. The highest BCUT2D eigenvalue weighted by molar-refractivity contribution is 7.89. The van der Waals surface area contributed by atoms with Crippen LogP contribution in [0.3, 0.4) is 0 Å². The van der Waals surface area contributed by atoms with Crippen molar-refractivity contribution in [3.63, 3.8) is 0 Å². The summed E-state index contributed by atoms with van der Waals surface area (Å²) in [7, 11) is -2.28. The molecule has 1 fully saturated rings. The first-order valence-corrected chi connectivity index (χ1v) is 7.49. The standard InChI is InChI=1S/C11H17N3O4S/c1-18-5-4-14-7-9(19(12,16)17)6-10(14)11(15)13-8-2-3-8/h6-8H,2-5H2,1H3,(H,13,15)(H2,12,16,17). The molecule has 0 aliphatic heterocycles. The van der Waals surface area contributed by atoms with Gasteiger partial charge in [0, 0.05) is 25.9 Å². The number of hydrogen-bond acceptors (Lipinski definition) is 4. The average Bonchev–Trinajstić information content (AvgIpc) is 3.01. The minimum Gasteiger partial charge on any atom is -0.383 e. The Morgan fingerprint density at radius 3 is 2.79 bits per heavy atom. The molecule has 1 aliphatic carbocycles. The first-order chi connectivity index (χ1) is 8.91. The van der Waals surface area contributed by atoms with Crippen molar-refractivity contribution in [2.45, 2.75) is 30.3 Å². The Morgan fingerprint density at radius 2 is 2.26 bits per heavy atom. The molecule has 0 saturated heterocycles. The zero-order valence-electron chi connectivity index (χ0n) is 10.6. The van der Waals surface area contributed by atoms with E-state index in [0.29, 0.717) is 13.2 Å². The van der Waals surface area contributed by atoms with Crippen LogP contribution < -0.4 is 10.5 Å². The lowest BCUT2D eigenvalue weighted by molar-refractivity contribution is 0.0939. The Hall–Kier alpha value is -1.38. The smallest absolute Gasteiger partial charge is 0.268 e. The largest absolute Gasteiger partial charge is 0.383 e. The highest BCUT2D eigenvalue weighted by atomic mass is 32.2. The van der Waals surface area contributed by atoms with Crippen molar-refractivity contribution in [1.29, 1.82) is 0 Å². The van der Waals surface area contributed by atoms with E-state index in [1.54, 1.807) is 4.57 Å². The zero-order valence-corrected chi connectivity index (χ0v) is 11.4. The number of aromatic nitrogens is 1. The third-order valence-corrected chi connectivity index (χ3v) is 3.76. The summed E-state index contributed by atoms with van der Waals surface area (Å²) < 4.78 is 29.1. The van der Waals surface area contributed by atoms with Gasteiger partial charge in [-0.25, -0.2) is 13.6 Å². The third-order valence-electron chi connectivity index (χ3n) is 2.88. The summed E-state index contributed by atoms with van der Waals surface area (Å²) in [5, 5.41) is 7.89. The van der Waals surface area contributed by atoms with E-state index in [2.05, 4.69) is 5.32 Å². The van der Waals surface area contributed by atoms with Crippen LogP contribution in [-0.4, -0.2) is 38.7 Å². The van der Waals surface area contributed by atoms with Crippen LogP contribution in [0.2, 0.25) is 0 Å². The third kappa shape index (κ3) is 3.55. The Bertz CT molecular complexity index is 575. The van der Waals surface area contributed by atoms with Gasteiger partial charge in [0.15, 0.2) is 0 Å². The molecule has 1 saturated carbocycles. The lowest BCUT2D eigenvalue weighted by atomic mass is 10.4. The number of nitrogens with zero attached hydrogens (tertiary/aromatic N) is 1. The number of nitrogens with one attached hydrogen (secondary N) is 1. The number of carbonyl (C=O) groups is 1. The van der Waals surface area contributed by atoms with E-state index in [1.807, 2.05) is 0 Å². The zero-order chi connectivity index (χ0) is 14.0. The van der Waals surface area contributed by atoms with E-state index in [4.69, 9.17) is 9.88 Å². The molecule has 0 aromatic carbocycles. The van der Waals surface area contributed by atoms with Crippen LogP contribution in [0.15, 0.2) is 17.2 Å². The summed E-state index contributed by atoms with van der Waals surface area (Å²) in [6, 6.07) is 1.50. The second kappa shape index (κ2) is 5.32. The Labute approximate surface area is 111 Å². The van der Waals surface area contributed by atoms with Gasteiger partial charge in [-0.3, -0.25) is 4.79 Å². The summed E-state index contributed by atoms with van der Waals surface area (Å²) in [6.45, 7) is 0.766. The van der Waals surface area contributed by atoms with Crippen LogP contribution in [-0.2, 0) is 21.3 Å². The van der Waals surface area contributed by atoms with E-state index in [-0.39, 0.29) is 22.5 Å². The molecule has 7 nitrogen and oxygen atoms in total. The minimum absolute atomic E-state index is 0.0652. The molecule has 1 aromatic heterocycles. The van der Waals surface area contributed by atoms with Gasteiger partial charge in [-0.15, -0.1) is 0 Å². The minimum atomic E-state index is -3.82. The van der Waals surface area contributed by atoms with Crippen molar-refractivity contribution in [3.8, 4) is 0 Å². The van der Waals surface area contributed by atoms with Gasteiger partial charge in [0.05, 0.1) is 6.61 Å². The number of rotatable bonds is 6. The Kier molecular flexibility index (Phi) is 3.93. The number of sulfonamides is 1. The molecule has 0 bridgehead atoms. The van der Waals surface area contributed by atoms with Gasteiger partial charge in [0.1, 0.15) is 10.6 Å². The lowest BCUT2D eigenvalue weighted by Gasteiger charge is -2.08. The van der Waals surface area contributed by atoms with Gasteiger partial charge in [-0.2, -0.15) is 0 Å². The van der Waals surface area contributed by atoms with Crippen LogP contribution in [0.25, 0.3) is 0 Å². The lowest BCUT2D eigenvalue weighted by Crippen LogP contribution is -2.28. The maximum atomic E-state index is 12.0. The highest BCUT2D eigenvalue weighted by Crippen LogP contribution is 2.20. The van der Waals surface area contributed by atoms with E-state index >= 15 is 0 Å². The van der Waals surface area contributed by atoms with Gasteiger partial charge < -0.3 is 14.6 Å². The van der Waals surface area contributed by atoms with Crippen molar-refractivity contribution < 1.29 is 17.9 Å². The topological polar surface area (TPSA) is 103 Å².